The lowest BCUT2D eigenvalue weighted by molar-refractivity contribution is -0.124. The maximum atomic E-state index is 12.0. The highest BCUT2D eigenvalue weighted by Crippen LogP contribution is 2.62. The summed E-state index contributed by atoms with van der Waals surface area (Å²) in [6.45, 7) is 2.41. The minimum atomic E-state index is -0.438. The van der Waals surface area contributed by atoms with Gasteiger partial charge in [0.05, 0.1) is 12.6 Å². The van der Waals surface area contributed by atoms with Gasteiger partial charge in [-0.05, 0) is 57.7 Å². The van der Waals surface area contributed by atoms with Gasteiger partial charge in [-0.15, -0.1) is 0 Å². The fourth-order valence-corrected chi connectivity index (χ4v) is 6.65. The summed E-state index contributed by atoms with van der Waals surface area (Å²) in [6.07, 6.45) is 4.13. The predicted octanol–water partition coefficient (Wildman–Crippen LogP) is 0.756. The minimum absolute atomic E-state index is 0.0170. The van der Waals surface area contributed by atoms with Gasteiger partial charge >= 0.3 is 0 Å². The van der Waals surface area contributed by atoms with Crippen LogP contribution < -0.4 is 10.1 Å². The van der Waals surface area contributed by atoms with E-state index in [1.807, 2.05) is 13.0 Å². The highest BCUT2D eigenvalue weighted by Gasteiger charge is 2.65. The average Bonchev–Trinajstić information content (AvgIpc) is 3.06. The number of hydrogen-bond acceptors (Lipinski definition) is 6. The summed E-state index contributed by atoms with van der Waals surface area (Å²) in [5, 5.41) is 22.6. The maximum absolute atomic E-state index is 12.0. The van der Waals surface area contributed by atoms with E-state index < -0.39 is 12.6 Å². The minimum Gasteiger partial charge on any atom is -0.487 e. The predicted molar refractivity (Wildman–Crippen MR) is 104 cm³/mol. The normalized spacial score (nSPS) is 36.6. The zero-order chi connectivity index (χ0) is 19.6. The molecule has 0 radical (unpaired) electrons. The molecule has 6 heteroatoms. The number of piperidine rings is 1. The molecule has 1 saturated carbocycles. The lowest BCUT2D eigenvalue weighted by Crippen LogP contribution is -2.68. The van der Waals surface area contributed by atoms with Crippen LogP contribution in [0.25, 0.3) is 0 Å². The zero-order valence-corrected chi connectivity index (χ0v) is 16.6. The molecule has 4 aliphatic rings. The standard InChI is InChI=1S/C22H30N2O4/c1-12(18(27)11-26)23-16-6-5-15-17-9-13-3-4-14(10-25)20-19(13)22(15,21(16)28-20)7-8-24(17)2/h3-4,12,15-17,21,23,25-26H,5-11H2,1-2H3/t12-,15?,16?,17?,21?,22-/m1/s1. The van der Waals surface area contributed by atoms with Crippen LogP contribution in [0, 0.1) is 5.92 Å². The molecule has 6 atom stereocenters. The Hall–Kier alpha value is -1.47. The number of nitrogens with one attached hydrogen (secondary N) is 1. The number of hydrogen-bond donors (Lipinski definition) is 3. The Morgan fingerprint density at radius 2 is 2.21 bits per heavy atom. The van der Waals surface area contributed by atoms with Crippen LogP contribution in [0.4, 0.5) is 0 Å². The number of likely N-dealkylation sites (tertiary alicyclic amines) is 1. The van der Waals surface area contributed by atoms with Crippen LogP contribution in [0.3, 0.4) is 0 Å². The number of ketones is 1. The van der Waals surface area contributed by atoms with Crippen molar-refractivity contribution in [3.8, 4) is 5.75 Å². The SMILES string of the molecule is C[C@@H](NC1CCC2C3Cc4ccc(CO)c5c4[C@]2(CCN3C)C1O5)C(=O)CO. The molecule has 0 amide bonds. The Labute approximate surface area is 165 Å². The van der Waals surface area contributed by atoms with E-state index in [9.17, 15) is 15.0 Å². The molecule has 2 heterocycles. The molecule has 2 aliphatic carbocycles. The van der Waals surface area contributed by atoms with Crippen molar-refractivity contribution < 1.29 is 19.7 Å². The topological polar surface area (TPSA) is 82.0 Å². The van der Waals surface area contributed by atoms with Crippen LogP contribution in [-0.4, -0.2) is 65.3 Å². The first-order chi connectivity index (χ1) is 13.5. The number of benzene rings is 1. The lowest BCUT2D eigenvalue weighted by atomic mass is 9.51. The Morgan fingerprint density at radius 1 is 1.39 bits per heavy atom. The van der Waals surface area contributed by atoms with E-state index in [1.165, 1.54) is 11.1 Å². The quantitative estimate of drug-likeness (QED) is 0.693. The van der Waals surface area contributed by atoms with E-state index in [2.05, 4.69) is 23.3 Å². The Kier molecular flexibility index (Phi) is 4.32. The molecule has 5 rings (SSSR count). The Bertz CT molecular complexity index is 812. The summed E-state index contributed by atoms with van der Waals surface area (Å²) >= 11 is 0. The molecule has 152 valence electrons. The third kappa shape index (κ3) is 2.32. The first-order valence-corrected chi connectivity index (χ1v) is 10.5. The molecule has 1 aromatic rings. The van der Waals surface area contributed by atoms with Gasteiger partial charge in [-0.1, -0.05) is 12.1 Å². The molecule has 0 aromatic heterocycles. The van der Waals surface area contributed by atoms with Crippen LogP contribution in [0.2, 0.25) is 0 Å². The molecule has 2 bridgehead atoms. The highest BCUT2D eigenvalue weighted by atomic mass is 16.5. The number of carbonyl (C=O) groups is 1. The molecule has 6 nitrogen and oxygen atoms in total. The Morgan fingerprint density at radius 3 is 2.96 bits per heavy atom. The van der Waals surface area contributed by atoms with Gasteiger partial charge in [-0.25, -0.2) is 0 Å². The van der Waals surface area contributed by atoms with E-state index in [0.29, 0.717) is 12.0 Å². The summed E-state index contributed by atoms with van der Waals surface area (Å²) in [4.78, 5) is 14.5. The Balaban J connectivity index is 1.60. The second-order valence-electron chi connectivity index (χ2n) is 9.13. The molecule has 1 aromatic carbocycles. The first kappa shape index (κ1) is 18.6. The zero-order valence-electron chi connectivity index (χ0n) is 16.6. The van der Waals surface area contributed by atoms with Crippen molar-refractivity contribution in [1.82, 2.24) is 10.2 Å². The number of ether oxygens (including phenoxy) is 1. The fraction of sp³-hybridized carbons (Fsp3) is 0.682. The van der Waals surface area contributed by atoms with Gasteiger partial charge in [0.1, 0.15) is 18.5 Å². The van der Waals surface area contributed by atoms with E-state index >= 15 is 0 Å². The molecule has 2 fully saturated rings. The van der Waals surface area contributed by atoms with Gasteiger partial charge in [0.25, 0.3) is 0 Å². The third-order valence-electron chi connectivity index (χ3n) is 7.97. The number of aliphatic hydroxyl groups is 2. The molecule has 1 spiro atoms. The van der Waals surface area contributed by atoms with Crippen LogP contribution in [0.15, 0.2) is 12.1 Å². The molecule has 3 N–H and O–H groups in total. The second kappa shape index (κ2) is 6.52. The summed E-state index contributed by atoms with van der Waals surface area (Å²) in [5.41, 5.74) is 3.54. The lowest BCUT2D eigenvalue weighted by Gasteiger charge is -2.59. The summed E-state index contributed by atoms with van der Waals surface area (Å²) in [7, 11) is 2.24. The number of Topliss-reactive ketones (excluding diaryl/α,β-unsaturated/α-hetero) is 1. The summed E-state index contributed by atoms with van der Waals surface area (Å²) in [5.74, 6) is 1.26. The average molecular weight is 386 g/mol. The summed E-state index contributed by atoms with van der Waals surface area (Å²) < 4.78 is 6.65. The van der Waals surface area contributed by atoms with Crippen molar-refractivity contribution >= 4 is 5.78 Å². The van der Waals surface area contributed by atoms with Crippen molar-refractivity contribution in [3.63, 3.8) is 0 Å². The molecular weight excluding hydrogens is 356 g/mol. The number of aliphatic hydroxyl groups excluding tert-OH is 2. The van der Waals surface area contributed by atoms with E-state index in [-0.39, 0.29) is 30.0 Å². The molecule has 28 heavy (non-hydrogen) atoms. The smallest absolute Gasteiger partial charge is 0.174 e. The van der Waals surface area contributed by atoms with Gasteiger partial charge in [0, 0.05) is 28.6 Å². The van der Waals surface area contributed by atoms with Crippen molar-refractivity contribution in [3.05, 3.63) is 28.8 Å². The maximum Gasteiger partial charge on any atom is 0.174 e. The monoisotopic (exact) mass is 386 g/mol. The van der Waals surface area contributed by atoms with Crippen molar-refractivity contribution in [2.75, 3.05) is 20.2 Å². The number of rotatable bonds is 5. The van der Waals surface area contributed by atoms with E-state index in [4.69, 9.17) is 4.74 Å². The van der Waals surface area contributed by atoms with E-state index in [1.54, 1.807) is 0 Å². The van der Waals surface area contributed by atoms with Crippen molar-refractivity contribution in [2.45, 2.75) is 68.9 Å². The van der Waals surface area contributed by atoms with Gasteiger partial charge < -0.3 is 25.2 Å². The molecule has 1 saturated heterocycles. The first-order valence-electron chi connectivity index (χ1n) is 10.5. The van der Waals surface area contributed by atoms with Crippen LogP contribution in [0.5, 0.6) is 5.75 Å². The van der Waals surface area contributed by atoms with E-state index in [0.717, 1.165) is 43.5 Å². The number of nitrogens with zero attached hydrogens (tertiary/aromatic N) is 1. The van der Waals surface area contributed by atoms with Gasteiger partial charge in [-0.3, -0.25) is 4.79 Å². The second-order valence-corrected chi connectivity index (χ2v) is 9.13. The van der Waals surface area contributed by atoms with Gasteiger partial charge in [0.2, 0.25) is 0 Å². The summed E-state index contributed by atoms with van der Waals surface area (Å²) in [6, 6.07) is 4.40. The largest absolute Gasteiger partial charge is 0.487 e. The van der Waals surface area contributed by atoms with Crippen molar-refractivity contribution in [2.24, 2.45) is 5.92 Å². The number of carbonyl (C=O) groups excluding carboxylic acids is 1. The van der Waals surface area contributed by atoms with Gasteiger partial charge in [-0.2, -0.15) is 0 Å². The van der Waals surface area contributed by atoms with Gasteiger partial charge in [0.15, 0.2) is 5.78 Å². The number of likely N-dealkylation sites (N-methyl/N-ethyl adjacent to an activating group) is 1. The molecule has 4 unspecified atom stereocenters. The van der Waals surface area contributed by atoms with Crippen LogP contribution in [0.1, 0.15) is 42.9 Å². The highest BCUT2D eigenvalue weighted by molar-refractivity contribution is 5.84. The van der Waals surface area contributed by atoms with Crippen LogP contribution >= 0.6 is 0 Å². The molecule has 2 aliphatic heterocycles. The molecular formula is C22H30N2O4. The fourth-order valence-electron chi connectivity index (χ4n) is 6.65. The van der Waals surface area contributed by atoms with Crippen LogP contribution in [-0.2, 0) is 23.2 Å². The van der Waals surface area contributed by atoms with Crippen molar-refractivity contribution in [1.29, 1.82) is 0 Å². The third-order valence-corrected chi connectivity index (χ3v) is 7.97.